The predicted octanol–water partition coefficient (Wildman–Crippen LogP) is 1.47. The van der Waals surface area contributed by atoms with E-state index in [1.54, 1.807) is 0 Å². The maximum Gasteiger partial charge on any atom is 0.322 e. The highest BCUT2D eigenvalue weighted by molar-refractivity contribution is 5.75. The zero-order valence-electron chi connectivity index (χ0n) is 11.2. The molecule has 2 N–H and O–H groups in total. The average Bonchev–Trinajstić information content (AvgIpc) is 2.29. The first-order valence-corrected chi connectivity index (χ1v) is 6.54. The van der Waals surface area contributed by atoms with Crippen molar-refractivity contribution >= 4 is 5.97 Å². The van der Waals surface area contributed by atoms with Gasteiger partial charge in [0.25, 0.3) is 0 Å². The van der Waals surface area contributed by atoms with Crippen molar-refractivity contribution in [2.75, 3.05) is 13.7 Å². The predicted molar refractivity (Wildman–Crippen MR) is 66.7 cm³/mol. The van der Waals surface area contributed by atoms with Crippen LogP contribution in [0, 0.1) is 5.92 Å². The van der Waals surface area contributed by atoms with Crippen molar-refractivity contribution in [2.24, 2.45) is 5.92 Å². The lowest BCUT2D eigenvalue weighted by Gasteiger charge is -2.36. The lowest BCUT2D eigenvalue weighted by molar-refractivity contribution is -0.143. The van der Waals surface area contributed by atoms with Crippen LogP contribution in [0.2, 0.25) is 0 Å². The standard InChI is InChI=1S/C13H25NO3/c1-4-11(12(15)17-3)14-9-13(16)7-5-6-10(2)8-13/h10-11,14,16H,4-9H2,1-3H3. The number of nitrogens with one attached hydrogen (secondary N) is 1. The van der Waals surface area contributed by atoms with Gasteiger partial charge in [-0.25, -0.2) is 0 Å². The Hall–Kier alpha value is -0.610. The van der Waals surface area contributed by atoms with E-state index >= 15 is 0 Å². The summed E-state index contributed by atoms with van der Waals surface area (Å²) in [5.41, 5.74) is -0.654. The Kier molecular flexibility index (Phi) is 5.40. The fraction of sp³-hybridized carbons (Fsp3) is 0.923. The Morgan fingerprint density at radius 1 is 1.65 bits per heavy atom. The number of hydrogen-bond donors (Lipinski definition) is 2. The zero-order valence-corrected chi connectivity index (χ0v) is 11.2. The Labute approximate surface area is 104 Å². The van der Waals surface area contributed by atoms with Gasteiger partial charge >= 0.3 is 5.97 Å². The molecule has 0 bridgehead atoms. The Balaban J connectivity index is 2.44. The second-order valence-corrected chi connectivity index (χ2v) is 5.29. The molecule has 0 heterocycles. The van der Waals surface area contributed by atoms with Crippen molar-refractivity contribution < 1.29 is 14.6 Å². The van der Waals surface area contributed by atoms with Gasteiger partial charge in [0.15, 0.2) is 0 Å². The van der Waals surface area contributed by atoms with Crippen molar-refractivity contribution in [3.63, 3.8) is 0 Å². The number of rotatable bonds is 5. The number of aliphatic hydroxyl groups is 1. The summed E-state index contributed by atoms with van der Waals surface area (Å²) in [6.07, 6.45) is 4.57. The molecule has 0 radical (unpaired) electrons. The summed E-state index contributed by atoms with van der Waals surface area (Å²) in [4.78, 5) is 11.4. The van der Waals surface area contributed by atoms with E-state index in [1.165, 1.54) is 13.5 Å². The maximum atomic E-state index is 11.4. The van der Waals surface area contributed by atoms with Gasteiger partial charge < -0.3 is 15.2 Å². The molecule has 0 aliphatic heterocycles. The van der Waals surface area contributed by atoms with Crippen LogP contribution >= 0.6 is 0 Å². The first-order valence-electron chi connectivity index (χ1n) is 6.54. The molecule has 1 aliphatic rings. The molecule has 0 saturated heterocycles. The van der Waals surface area contributed by atoms with Crippen molar-refractivity contribution in [1.29, 1.82) is 0 Å². The second kappa shape index (κ2) is 6.36. The van der Waals surface area contributed by atoms with E-state index in [9.17, 15) is 9.90 Å². The van der Waals surface area contributed by atoms with Crippen LogP contribution in [-0.2, 0) is 9.53 Å². The van der Waals surface area contributed by atoms with Gasteiger partial charge in [0.2, 0.25) is 0 Å². The summed E-state index contributed by atoms with van der Waals surface area (Å²) in [6, 6.07) is -0.304. The first kappa shape index (κ1) is 14.5. The Morgan fingerprint density at radius 3 is 2.88 bits per heavy atom. The third kappa shape index (κ3) is 4.28. The quantitative estimate of drug-likeness (QED) is 0.718. The van der Waals surface area contributed by atoms with Gasteiger partial charge in [-0.05, 0) is 25.2 Å². The first-order chi connectivity index (χ1) is 8.00. The lowest BCUT2D eigenvalue weighted by Crippen LogP contribution is -2.49. The van der Waals surface area contributed by atoms with Gasteiger partial charge in [0, 0.05) is 6.54 Å². The largest absolute Gasteiger partial charge is 0.468 e. The Morgan fingerprint density at radius 2 is 2.35 bits per heavy atom. The summed E-state index contributed by atoms with van der Waals surface area (Å²) in [5, 5.41) is 13.6. The smallest absolute Gasteiger partial charge is 0.322 e. The highest BCUT2D eigenvalue weighted by atomic mass is 16.5. The molecule has 1 saturated carbocycles. The molecule has 1 aliphatic carbocycles. The van der Waals surface area contributed by atoms with Crippen molar-refractivity contribution in [3.8, 4) is 0 Å². The van der Waals surface area contributed by atoms with Crippen LogP contribution in [0.15, 0.2) is 0 Å². The number of carbonyl (C=O) groups is 1. The number of methoxy groups -OCH3 is 1. The molecule has 0 aromatic heterocycles. The normalized spacial score (nSPS) is 30.9. The van der Waals surface area contributed by atoms with Gasteiger partial charge in [-0.3, -0.25) is 4.79 Å². The van der Waals surface area contributed by atoms with E-state index in [1.807, 2.05) is 6.92 Å². The number of ether oxygens (including phenoxy) is 1. The number of hydrogen-bond acceptors (Lipinski definition) is 4. The molecule has 1 rings (SSSR count). The third-order valence-corrected chi connectivity index (χ3v) is 3.64. The van der Waals surface area contributed by atoms with E-state index in [0.29, 0.717) is 18.9 Å². The van der Waals surface area contributed by atoms with E-state index in [-0.39, 0.29) is 12.0 Å². The van der Waals surface area contributed by atoms with Crippen LogP contribution in [0.25, 0.3) is 0 Å². The van der Waals surface area contributed by atoms with Gasteiger partial charge in [-0.15, -0.1) is 0 Å². The molecular formula is C13H25NO3. The van der Waals surface area contributed by atoms with Crippen LogP contribution < -0.4 is 5.32 Å². The summed E-state index contributed by atoms with van der Waals surface area (Å²) in [7, 11) is 1.39. The fourth-order valence-corrected chi connectivity index (χ4v) is 2.64. The molecule has 0 aromatic carbocycles. The van der Waals surface area contributed by atoms with Gasteiger partial charge in [-0.2, -0.15) is 0 Å². The van der Waals surface area contributed by atoms with Crippen LogP contribution in [0.1, 0.15) is 46.0 Å². The zero-order chi connectivity index (χ0) is 12.9. The summed E-state index contributed by atoms with van der Waals surface area (Å²) < 4.78 is 4.71. The molecule has 3 unspecified atom stereocenters. The highest BCUT2D eigenvalue weighted by Crippen LogP contribution is 2.31. The highest BCUT2D eigenvalue weighted by Gasteiger charge is 2.33. The monoisotopic (exact) mass is 243 g/mol. The topological polar surface area (TPSA) is 58.6 Å². The maximum absolute atomic E-state index is 11.4. The minimum absolute atomic E-state index is 0.250. The molecule has 0 aromatic rings. The van der Waals surface area contributed by atoms with Crippen LogP contribution in [0.4, 0.5) is 0 Å². The minimum Gasteiger partial charge on any atom is -0.468 e. The molecule has 4 nitrogen and oxygen atoms in total. The molecule has 17 heavy (non-hydrogen) atoms. The molecule has 0 amide bonds. The summed E-state index contributed by atoms with van der Waals surface area (Å²) in [5.74, 6) is 0.314. The van der Waals surface area contributed by atoms with Crippen LogP contribution in [-0.4, -0.2) is 36.4 Å². The van der Waals surface area contributed by atoms with Gasteiger partial charge in [0.1, 0.15) is 6.04 Å². The van der Waals surface area contributed by atoms with Crippen LogP contribution in [0.5, 0.6) is 0 Å². The fourth-order valence-electron chi connectivity index (χ4n) is 2.64. The van der Waals surface area contributed by atoms with Gasteiger partial charge in [-0.1, -0.05) is 26.7 Å². The molecule has 0 spiro atoms. The second-order valence-electron chi connectivity index (χ2n) is 5.29. The van der Waals surface area contributed by atoms with Gasteiger partial charge in [0.05, 0.1) is 12.7 Å². The number of carbonyl (C=O) groups excluding carboxylic acids is 1. The lowest BCUT2D eigenvalue weighted by atomic mass is 9.79. The summed E-state index contributed by atoms with van der Waals surface area (Å²) in [6.45, 7) is 4.58. The van der Waals surface area contributed by atoms with Crippen molar-refractivity contribution in [2.45, 2.75) is 57.6 Å². The van der Waals surface area contributed by atoms with E-state index in [2.05, 4.69) is 12.2 Å². The van der Waals surface area contributed by atoms with Crippen molar-refractivity contribution in [1.82, 2.24) is 5.32 Å². The van der Waals surface area contributed by atoms with E-state index < -0.39 is 5.60 Å². The Bertz CT molecular complexity index is 257. The SMILES string of the molecule is CCC(NCC1(O)CCCC(C)C1)C(=O)OC. The molecular weight excluding hydrogens is 218 g/mol. The minimum atomic E-state index is -0.654. The van der Waals surface area contributed by atoms with E-state index in [4.69, 9.17) is 4.74 Å². The molecule has 3 atom stereocenters. The van der Waals surface area contributed by atoms with Crippen molar-refractivity contribution in [3.05, 3.63) is 0 Å². The molecule has 1 fully saturated rings. The molecule has 4 heteroatoms. The molecule has 100 valence electrons. The van der Waals surface area contributed by atoms with Crippen LogP contribution in [0.3, 0.4) is 0 Å². The number of esters is 1. The average molecular weight is 243 g/mol. The summed E-state index contributed by atoms with van der Waals surface area (Å²) >= 11 is 0. The van der Waals surface area contributed by atoms with E-state index in [0.717, 1.165) is 19.3 Å². The third-order valence-electron chi connectivity index (χ3n) is 3.64.